The summed E-state index contributed by atoms with van der Waals surface area (Å²) in [7, 11) is 0. The molecule has 0 spiro atoms. The van der Waals surface area contributed by atoms with Gasteiger partial charge in [0.15, 0.2) is 17.7 Å². The maximum absolute atomic E-state index is 12.0. The highest BCUT2D eigenvalue weighted by Crippen LogP contribution is 2.27. The highest BCUT2D eigenvalue weighted by molar-refractivity contribution is 5.96. The van der Waals surface area contributed by atoms with Gasteiger partial charge in [-0.15, -0.1) is 0 Å². The largest absolute Gasteiger partial charge is 0.477 e. The molecule has 0 bridgehead atoms. The average molecular weight is 291 g/mol. The van der Waals surface area contributed by atoms with Crippen molar-refractivity contribution in [3.63, 3.8) is 0 Å². The number of anilines is 1. The van der Waals surface area contributed by atoms with E-state index in [9.17, 15) is 4.79 Å². The van der Waals surface area contributed by atoms with E-state index in [0.29, 0.717) is 18.0 Å². The first kappa shape index (κ1) is 14.3. The molecule has 21 heavy (non-hydrogen) atoms. The lowest BCUT2D eigenvalue weighted by atomic mass is 10.1. The Morgan fingerprint density at radius 2 is 2.14 bits per heavy atom. The van der Waals surface area contributed by atoms with Crippen LogP contribution in [0.2, 0.25) is 0 Å². The summed E-state index contributed by atoms with van der Waals surface area (Å²) < 4.78 is 11.5. The van der Waals surface area contributed by atoms with Crippen molar-refractivity contribution in [1.82, 2.24) is 9.88 Å². The molecule has 1 aromatic rings. The second-order valence-electron chi connectivity index (χ2n) is 5.75. The Kier molecular flexibility index (Phi) is 4.07. The number of hydrogen-bond donors (Lipinski definition) is 1. The lowest BCUT2D eigenvalue weighted by Gasteiger charge is -2.36. The lowest BCUT2D eigenvalue weighted by molar-refractivity contribution is -0.124. The van der Waals surface area contributed by atoms with Gasteiger partial charge in [-0.25, -0.2) is 4.98 Å². The summed E-state index contributed by atoms with van der Waals surface area (Å²) in [5.74, 6) is 1.04. The molecule has 0 unspecified atom stereocenters. The standard InChI is InChI=1S/C15H21N3O3/c1-10-8-18(9-11(2)20-10)7-5-13-15(19)17-14-12(21-13)4-3-6-16-14/h3-4,6,10-11,13H,5,7-9H2,1-2H3,(H,16,17,19)/t10-,11-,13+/m1/s1. The first-order valence-corrected chi connectivity index (χ1v) is 7.42. The van der Waals surface area contributed by atoms with Crippen LogP contribution in [0.5, 0.6) is 5.75 Å². The molecule has 1 fully saturated rings. The molecular formula is C15H21N3O3. The van der Waals surface area contributed by atoms with Crippen LogP contribution in [0.1, 0.15) is 20.3 Å². The van der Waals surface area contributed by atoms with Crippen LogP contribution in [0, 0.1) is 0 Å². The molecule has 2 aliphatic heterocycles. The van der Waals surface area contributed by atoms with E-state index < -0.39 is 6.10 Å². The number of carbonyl (C=O) groups excluding carboxylic acids is 1. The molecule has 1 saturated heterocycles. The first-order valence-electron chi connectivity index (χ1n) is 7.42. The van der Waals surface area contributed by atoms with E-state index in [4.69, 9.17) is 9.47 Å². The molecule has 3 rings (SSSR count). The zero-order valence-electron chi connectivity index (χ0n) is 12.4. The maximum atomic E-state index is 12.0. The number of ether oxygens (including phenoxy) is 2. The van der Waals surface area contributed by atoms with Gasteiger partial charge in [-0.05, 0) is 26.0 Å². The van der Waals surface area contributed by atoms with Crippen molar-refractivity contribution in [2.75, 3.05) is 25.0 Å². The normalized spacial score (nSPS) is 29.4. The number of hydrogen-bond acceptors (Lipinski definition) is 5. The maximum Gasteiger partial charge on any atom is 0.266 e. The smallest absolute Gasteiger partial charge is 0.266 e. The van der Waals surface area contributed by atoms with Crippen molar-refractivity contribution in [3.05, 3.63) is 18.3 Å². The van der Waals surface area contributed by atoms with Gasteiger partial charge in [0.05, 0.1) is 12.2 Å². The highest BCUT2D eigenvalue weighted by Gasteiger charge is 2.29. The third-order valence-corrected chi connectivity index (χ3v) is 3.78. The van der Waals surface area contributed by atoms with Gasteiger partial charge in [0, 0.05) is 32.3 Å². The predicted molar refractivity (Wildman–Crippen MR) is 78.3 cm³/mol. The van der Waals surface area contributed by atoms with Crippen LogP contribution in [0.3, 0.4) is 0 Å². The van der Waals surface area contributed by atoms with E-state index in [1.54, 1.807) is 12.3 Å². The Labute approximate surface area is 124 Å². The second kappa shape index (κ2) is 5.99. The number of nitrogens with one attached hydrogen (secondary N) is 1. The van der Waals surface area contributed by atoms with E-state index in [1.165, 1.54) is 0 Å². The van der Waals surface area contributed by atoms with Gasteiger partial charge in [0.2, 0.25) is 0 Å². The van der Waals surface area contributed by atoms with Gasteiger partial charge in [-0.3, -0.25) is 9.69 Å². The van der Waals surface area contributed by atoms with Crippen LogP contribution in [-0.2, 0) is 9.53 Å². The molecule has 3 atom stereocenters. The summed E-state index contributed by atoms with van der Waals surface area (Å²) in [6, 6.07) is 3.63. The van der Waals surface area contributed by atoms with Crippen molar-refractivity contribution < 1.29 is 14.3 Å². The molecule has 114 valence electrons. The minimum atomic E-state index is -0.449. The summed E-state index contributed by atoms with van der Waals surface area (Å²) in [6.45, 7) is 6.78. The number of amides is 1. The predicted octanol–water partition coefficient (Wildman–Crippen LogP) is 1.28. The monoisotopic (exact) mass is 291 g/mol. The molecule has 0 saturated carbocycles. The van der Waals surface area contributed by atoms with E-state index in [-0.39, 0.29) is 18.1 Å². The van der Waals surface area contributed by atoms with Gasteiger partial charge in [-0.1, -0.05) is 0 Å². The zero-order chi connectivity index (χ0) is 14.8. The Bertz CT molecular complexity index is 513. The molecule has 0 radical (unpaired) electrons. The molecule has 1 N–H and O–H groups in total. The highest BCUT2D eigenvalue weighted by atomic mass is 16.5. The van der Waals surface area contributed by atoms with Gasteiger partial charge >= 0.3 is 0 Å². The van der Waals surface area contributed by atoms with Gasteiger partial charge < -0.3 is 14.8 Å². The first-order chi connectivity index (χ1) is 10.1. The topological polar surface area (TPSA) is 63.7 Å². The van der Waals surface area contributed by atoms with Gasteiger partial charge in [0.1, 0.15) is 0 Å². The molecule has 6 heteroatoms. The summed E-state index contributed by atoms with van der Waals surface area (Å²) >= 11 is 0. The minimum absolute atomic E-state index is 0.115. The van der Waals surface area contributed by atoms with Crippen molar-refractivity contribution in [1.29, 1.82) is 0 Å². The minimum Gasteiger partial charge on any atom is -0.477 e. The molecule has 1 amide bonds. The second-order valence-corrected chi connectivity index (χ2v) is 5.75. The summed E-state index contributed by atoms with van der Waals surface area (Å²) in [5, 5.41) is 2.80. The number of rotatable bonds is 3. The lowest BCUT2D eigenvalue weighted by Crippen LogP contribution is -2.47. The Morgan fingerprint density at radius 3 is 2.90 bits per heavy atom. The molecule has 2 aliphatic rings. The van der Waals surface area contributed by atoms with E-state index in [1.807, 2.05) is 6.07 Å². The number of morpholine rings is 1. The molecular weight excluding hydrogens is 270 g/mol. The quantitative estimate of drug-likeness (QED) is 0.909. The Morgan fingerprint density at radius 1 is 1.38 bits per heavy atom. The van der Waals surface area contributed by atoms with Crippen LogP contribution in [-0.4, -0.2) is 53.7 Å². The molecule has 0 aliphatic carbocycles. The Hall–Kier alpha value is -1.66. The van der Waals surface area contributed by atoms with E-state index in [2.05, 4.69) is 29.0 Å². The number of carbonyl (C=O) groups is 1. The summed E-state index contributed by atoms with van der Waals surface area (Å²) in [5.41, 5.74) is 0. The van der Waals surface area contributed by atoms with E-state index in [0.717, 1.165) is 19.6 Å². The van der Waals surface area contributed by atoms with E-state index >= 15 is 0 Å². The Balaban J connectivity index is 1.57. The SMILES string of the molecule is C[C@@H]1CN(CC[C@@H]2Oc3cccnc3NC2=O)C[C@@H](C)O1. The van der Waals surface area contributed by atoms with Crippen LogP contribution >= 0.6 is 0 Å². The van der Waals surface area contributed by atoms with Crippen LogP contribution in [0.25, 0.3) is 0 Å². The number of pyridine rings is 1. The van der Waals surface area contributed by atoms with Crippen LogP contribution in [0.15, 0.2) is 18.3 Å². The third-order valence-electron chi connectivity index (χ3n) is 3.78. The van der Waals surface area contributed by atoms with Crippen molar-refractivity contribution in [3.8, 4) is 5.75 Å². The molecule has 1 aromatic heterocycles. The zero-order valence-corrected chi connectivity index (χ0v) is 12.4. The fourth-order valence-electron chi connectivity index (χ4n) is 2.94. The van der Waals surface area contributed by atoms with Gasteiger partial charge in [-0.2, -0.15) is 0 Å². The fraction of sp³-hybridized carbons (Fsp3) is 0.600. The molecule has 0 aromatic carbocycles. The van der Waals surface area contributed by atoms with Gasteiger partial charge in [0.25, 0.3) is 5.91 Å². The molecule has 3 heterocycles. The van der Waals surface area contributed by atoms with Crippen molar-refractivity contribution in [2.24, 2.45) is 0 Å². The molecule has 6 nitrogen and oxygen atoms in total. The number of fused-ring (bicyclic) bond motifs is 1. The van der Waals surface area contributed by atoms with Crippen LogP contribution < -0.4 is 10.1 Å². The average Bonchev–Trinajstić information content (AvgIpc) is 2.44. The number of nitrogens with zero attached hydrogens (tertiary/aromatic N) is 2. The summed E-state index contributed by atoms with van der Waals surface area (Å²) in [4.78, 5) is 18.5. The fourth-order valence-corrected chi connectivity index (χ4v) is 2.94. The summed E-state index contributed by atoms with van der Waals surface area (Å²) in [6.07, 6.45) is 2.33. The number of aromatic nitrogens is 1. The van der Waals surface area contributed by atoms with Crippen molar-refractivity contribution >= 4 is 11.7 Å². The van der Waals surface area contributed by atoms with Crippen molar-refractivity contribution in [2.45, 2.75) is 38.6 Å². The third kappa shape index (κ3) is 3.33. The van der Waals surface area contributed by atoms with Crippen LogP contribution in [0.4, 0.5) is 5.82 Å².